The summed E-state index contributed by atoms with van der Waals surface area (Å²) in [7, 11) is 0. The van der Waals surface area contributed by atoms with Gasteiger partial charge in [0.1, 0.15) is 5.52 Å². The van der Waals surface area contributed by atoms with Gasteiger partial charge in [-0.2, -0.15) is 0 Å². The molecular formula is C14H14FN3O2. The van der Waals surface area contributed by atoms with Crippen LogP contribution in [0.1, 0.15) is 13.8 Å². The lowest BCUT2D eigenvalue weighted by atomic mass is 10.1. The van der Waals surface area contributed by atoms with E-state index in [1.54, 1.807) is 12.1 Å². The van der Waals surface area contributed by atoms with Crippen molar-refractivity contribution in [1.82, 2.24) is 4.98 Å². The van der Waals surface area contributed by atoms with Crippen molar-refractivity contribution in [1.29, 1.82) is 0 Å². The highest BCUT2D eigenvalue weighted by Gasteiger charge is 2.19. The SMILES string of the molecule is CC(C)=CCNc1c(F)cc([N+](=O)[O-])c2cccnc12. The first kappa shape index (κ1) is 13.9. The summed E-state index contributed by atoms with van der Waals surface area (Å²) >= 11 is 0. The van der Waals surface area contributed by atoms with Crippen molar-refractivity contribution in [2.75, 3.05) is 11.9 Å². The first-order chi connectivity index (χ1) is 9.50. The fourth-order valence-corrected chi connectivity index (χ4v) is 1.87. The van der Waals surface area contributed by atoms with Crippen LogP contribution in [-0.2, 0) is 0 Å². The van der Waals surface area contributed by atoms with E-state index >= 15 is 0 Å². The fraction of sp³-hybridized carbons (Fsp3) is 0.214. The maximum absolute atomic E-state index is 14.0. The molecule has 0 fully saturated rings. The van der Waals surface area contributed by atoms with Gasteiger partial charge in [-0.05, 0) is 26.0 Å². The Morgan fingerprint density at radius 3 is 2.95 bits per heavy atom. The van der Waals surface area contributed by atoms with E-state index in [9.17, 15) is 14.5 Å². The van der Waals surface area contributed by atoms with Gasteiger partial charge in [0.05, 0.1) is 22.1 Å². The van der Waals surface area contributed by atoms with Gasteiger partial charge in [0.25, 0.3) is 5.69 Å². The van der Waals surface area contributed by atoms with Crippen molar-refractivity contribution in [2.45, 2.75) is 13.8 Å². The number of aromatic nitrogens is 1. The second kappa shape index (κ2) is 5.64. The zero-order valence-corrected chi connectivity index (χ0v) is 11.2. The second-order valence-corrected chi connectivity index (χ2v) is 4.57. The van der Waals surface area contributed by atoms with Crippen LogP contribution in [0.15, 0.2) is 36.0 Å². The van der Waals surface area contributed by atoms with E-state index < -0.39 is 10.7 Å². The molecule has 1 heterocycles. The number of hydrogen-bond donors (Lipinski definition) is 1. The van der Waals surface area contributed by atoms with Crippen LogP contribution in [0.2, 0.25) is 0 Å². The molecular weight excluding hydrogens is 261 g/mol. The minimum absolute atomic E-state index is 0.184. The first-order valence-corrected chi connectivity index (χ1v) is 6.09. The van der Waals surface area contributed by atoms with Crippen LogP contribution in [0.25, 0.3) is 10.9 Å². The monoisotopic (exact) mass is 275 g/mol. The maximum atomic E-state index is 14.0. The molecule has 5 nitrogen and oxygen atoms in total. The number of benzene rings is 1. The van der Waals surface area contributed by atoms with Gasteiger partial charge in [0, 0.05) is 12.7 Å². The lowest BCUT2D eigenvalue weighted by Gasteiger charge is -2.09. The van der Waals surface area contributed by atoms with Crippen molar-refractivity contribution in [3.63, 3.8) is 0 Å². The molecule has 1 aromatic carbocycles. The molecule has 2 rings (SSSR count). The number of pyridine rings is 1. The predicted octanol–water partition coefficient (Wildman–Crippen LogP) is 3.66. The number of fused-ring (bicyclic) bond motifs is 1. The highest BCUT2D eigenvalue weighted by Crippen LogP contribution is 2.32. The smallest absolute Gasteiger partial charge is 0.281 e. The van der Waals surface area contributed by atoms with Crippen molar-refractivity contribution < 1.29 is 9.31 Å². The van der Waals surface area contributed by atoms with Gasteiger partial charge < -0.3 is 5.32 Å². The Morgan fingerprint density at radius 1 is 1.55 bits per heavy atom. The highest BCUT2D eigenvalue weighted by molar-refractivity contribution is 5.97. The molecule has 0 aliphatic heterocycles. The molecule has 20 heavy (non-hydrogen) atoms. The van der Waals surface area contributed by atoms with E-state index in [4.69, 9.17) is 0 Å². The number of allylic oxidation sites excluding steroid dienone is 1. The van der Waals surface area contributed by atoms with Crippen molar-refractivity contribution in [3.05, 3.63) is 52.0 Å². The van der Waals surface area contributed by atoms with Gasteiger partial charge >= 0.3 is 0 Å². The van der Waals surface area contributed by atoms with Gasteiger partial charge in [-0.25, -0.2) is 4.39 Å². The number of nitrogens with one attached hydrogen (secondary N) is 1. The second-order valence-electron chi connectivity index (χ2n) is 4.57. The molecule has 0 bridgehead atoms. The average Bonchev–Trinajstić information content (AvgIpc) is 2.40. The molecule has 0 amide bonds. The van der Waals surface area contributed by atoms with Gasteiger partial charge in [0.15, 0.2) is 5.82 Å². The van der Waals surface area contributed by atoms with Crippen LogP contribution in [0, 0.1) is 15.9 Å². The minimum atomic E-state index is -0.676. The summed E-state index contributed by atoms with van der Waals surface area (Å²) in [6.45, 7) is 4.30. The zero-order valence-electron chi connectivity index (χ0n) is 11.2. The first-order valence-electron chi connectivity index (χ1n) is 6.09. The molecule has 0 aliphatic carbocycles. The summed E-state index contributed by atoms with van der Waals surface area (Å²) in [4.78, 5) is 14.4. The average molecular weight is 275 g/mol. The molecule has 0 aliphatic rings. The summed E-state index contributed by atoms with van der Waals surface area (Å²) < 4.78 is 14.0. The Bertz CT molecular complexity index is 694. The topological polar surface area (TPSA) is 68.1 Å². The quantitative estimate of drug-likeness (QED) is 0.525. The Labute approximate surface area is 115 Å². The maximum Gasteiger partial charge on any atom is 0.281 e. The van der Waals surface area contributed by atoms with Gasteiger partial charge in [0.2, 0.25) is 0 Å². The summed E-state index contributed by atoms with van der Waals surface area (Å²) in [5.41, 5.74) is 1.26. The van der Waals surface area contributed by atoms with Crippen LogP contribution in [0.5, 0.6) is 0 Å². The Balaban J connectivity index is 2.55. The molecule has 0 unspecified atom stereocenters. The normalized spacial score (nSPS) is 10.3. The third kappa shape index (κ3) is 2.74. The van der Waals surface area contributed by atoms with Crippen molar-refractivity contribution >= 4 is 22.3 Å². The van der Waals surface area contributed by atoms with Crippen molar-refractivity contribution in [2.24, 2.45) is 0 Å². The Morgan fingerprint density at radius 2 is 2.30 bits per heavy atom. The molecule has 104 valence electrons. The highest BCUT2D eigenvalue weighted by atomic mass is 19.1. The number of anilines is 1. The summed E-state index contributed by atoms with van der Waals surface area (Å²) in [5, 5.41) is 14.2. The summed E-state index contributed by atoms with van der Waals surface area (Å²) in [5.74, 6) is -0.676. The van der Waals surface area contributed by atoms with Gasteiger partial charge in [-0.15, -0.1) is 0 Å². The zero-order chi connectivity index (χ0) is 14.7. The number of rotatable bonds is 4. The van der Waals surface area contributed by atoms with Crippen LogP contribution in [0.3, 0.4) is 0 Å². The predicted molar refractivity (Wildman–Crippen MR) is 76.3 cm³/mol. The number of nitrogens with zero attached hydrogens (tertiary/aromatic N) is 2. The molecule has 1 aromatic heterocycles. The van der Waals surface area contributed by atoms with E-state index in [1.807, 2.05) is 19.9 Å². The van der Waals surface area contributed by atoms with E-state index in [0.29, 0.717) is 11.9 Å². The number of halogens is 1. The number of nitro groups is 1. The van der Waals surface area contributed by atoms with E-state index in [-0.39, 0.29) is 16.9 Å². The summed E-state index contributed by atoms with van der Waals surface area (Å²) in [6, 6.07) is 4.08. The molecule has 0 saturated carbocycles. The fourth-order valence-electron chi connectivity index (χ4n) is 1.87. The van der Waals surface area contributed by atoms with Gasteiger partial charge in [-0.1, -0.05) is 11.6 Å². The molecule has 2 aromatic rings. The Hall–Kier alpha value is -2.50. The molecule has 0 saturated heterocycles. The lowest BCUT2D eigenvalue weighted by molar-refractivity contribution is -0.383. The standard InChI is InChI=1S/C14H14FN3O2/c1-9(2)5-7-17-14-11(15)8-12(18(19)20)10-4-3-6-16-13(10)14/h3-6,8,17H,7H2,1-2H3. The third-order valence-corrected chi connectivity index (χ3v) is 2.81. The van der Waals surface area contributed by atoms with Crippen LogP contribution in [0.4, 0.5) is 15.8 Å². The lowest BCUT2D eigenvalue weighted by Crippen LogP contribution is -2.04. The number of non-ortho nitro benzene ring substituents is 1. The minimum Gasteiger partial charge on any atom is -0.377 e. The van der Waals surface area contributed by atoms with E-state index in [0.717, 1.165) is 11.6 Å². The molecule has 1 N–H and O–H groups in total. The van der Waals surface area contributed by atoms with E-state index in [1.165, 1.54) is 6.20 Å². The van der Waals surface area contributed by atoms with Crippen LogP contribution < -0.4 is 5.32 Å². The molecule has 0 radical (unpaired) electrons. The van der Waals surface area contributed by atoms with Crippen LogP contribution in [-0.4, -0.2) is 16.5 Å². The molecule has 0 atom stereocenters. The number of hydrogen-bond acceptors (Lipinski definition) is 4. The molecule has 0 spiro atoms. The van der Waals surface area contributed by atoms with Crippen LogP contribution >= 0.6 is 0 Å². The van der Waals surface area contributed by atoms with Crippen molar-refractivity contribution in [3.8, 4) is 0 Å². The Kier molecular flexibility index (Phi) is 3.93. The number of nitro benzene ring substituents is 1. The van der Waals surface area contributed by atoms with E-state index in [2.05, 4.69) is 10.3 Å². The third-order valence-electron chi connectivity index (χ3n) is 2.81. The largest absolute Gasteiger partial charge is 0.377 e. The van der Waals surface area contributed by atoms with Gasteiger partial charge in [-0.3, -0.25) is 15.1 Å². The summed E-state index contributed by atoms with van der Waals surface area (Å²) in [6.07, 6.45) is 3.38. The molecule has 6 heteroatoms.